The highest BCUT2D eigenvalue weighted by atomic mass is 32.2. The van der Waals surface area contributed by atoms with Crippen LogP contribution in [-0.2, 0) is 0 Å². The summed E-state index contributed by atoms with van der Waals surface area (Å²) in [7, 11) is 1.66. The summed E-state index contributed by atoms with van der Waals surface area (Å²) in [6, 6.07) is 17.9. The van der Waals surface area contributed by atoms with Gasteiger partial charge >= 0.3 is 0 Å². The first kappa shape index (κ1) is 11.7. The monoisotopic (exact) mass is 243 g/mol. The van der Waals surface area contributed by atoms with Gasteiger partial charge in [0.15, 0.2) is 0 Å². The Labute approximate surface area is 105 Å². The average Bonchev–Trinajstić information content (AvgIpc) is 2.41. The number of benzene rings is 2. The number of nitrogens with zero attached hydrogens (tertiary/aromatic N) is 1. The van der Waals surface area contributed by atoms with Gasteiger partial charge in [-0.25, -0.2) is 4.40 Å². The quantitative estimate of drug-likeness (QED) is 0.601. The standard InChI is InChI=1S/C14H13NOS/c1-16-13-9-7-12(8-10-13)11-15-17-14-5-3-2-4-6-14/h2-11H,1H3. The van der Waals surface area contributed by atoms with E-state index in [0.717, 1.165) is 16.2 Å². The van der Waals surface area contributed by atoms with Crippen molar-refractivity contribution < 1.29 is 4.74 Å². The van der Waals surface area contributed by atoms with E-state index in [-0.39, 0.29) is 0 Å². The summed E-state index contributed by atoms with van der Waals surface area (Å²) in [5.74, 6) is 0.859. The van der Waals surface area contributed by atoms with Crippen molar-refractivity contribution >= 4 is 18.2 Å². The van der Waals surface area contributed by atoms with Gasteiger partial charge in [0.2, 0.25) is 0 Å². The van der Waals surface area contributed by atoms with Crippen LogP contribution in [0.4, 0.5) is 0 Å². The molecule has 0 bridgehead atoms. The molecule has 0 aliphatic heterocycles. The molecule has 0 aliphatic rings. The molecule has 2 nitrogen and oxygen atoms in total. The fourth-order valence-electron chi connectivity index (χ4n) is 1.32. The van der Waals surface area contributed by atoms with Gasteiger partial charge in [-0.1, -0.05) is 18.2 Å². The molecular weight excluding hydrogens is 230 g/mol. The second kappa shape index (κ2) is 6.11. The summed E-state index contributed by atoms with van der Waals surface area (Å²) in [4.78, 5) is 1.14. The minimum atomic E-state index is 0.859. The molecule has 0 saturated carbocycles. The van der Waals surface area contributed by atoms with E-state index in [0.29, 0.717) is 0 Å². The number of ether oxygens (including phenoxy) is 1. The van der Waals surface area contributed by atoms with Crippen LogP contribution in [0.5, 0.6) is 5.75 Å². The summed E-state index contributed by atoms with van der Waals surface area (Å²) < 4.78 is 9.41. The predicted molar refractivity (Wildman–Crippen MR) is 72.9 cm³/mol. The Kier molecular flexibility index (Phi) is 4.22. The third-order valence-electron chi connectivity index (χ3n) is 2.22. The Morgan fingerprint density at radius 2 is 1.71 bits per heavy atom. The maximum Gasteiger partial charge on any atom is 0.118 e. The third-order valence-corrected chi connectivity index (χ3v) is 2.91. The second-order valence-electron chi connectivity index (χ2n) is 3.41. The molecule has 0 atom stereocenters. The van der Waals surface area contributed by atoms with Gasteiger partial charge in [-0.15, -0.1) is 0 Å². The molecule has 17 heavy (non-hydrogen) atoms. The van der Waals surface area contributed by atoms with Crippen LogP contribution >= 0.6 is 11.9 Å². The molecule has 2 aromatic rings. The lowest BCUT2D eigenvalue weighted by molar-refractivity contribution is 0.415. The van der Waals surface area contributed by atoms with Crippen LogP contribution in [0, 0.1) is 0 Å². The van der Waals surface area contributed by atoms with Crippen molar-refractivity contribution in [3.05, 3.63) is 60.2 Å². The number of hydrogen-bond acceptors (Lipinski definition) is 3. The van der Waals surface area contributed by atoms with Crippen LogP contribution in [0.15, 0.2) is 63.9 Å². The summed E-state index contributed by atoms with van der Waals surface area (Å²) in [6.45, 7) is 0. The first-order valence-electron chi connectivity index (χ1n) is 5.28. The Morgan fingerprint density at radius 1 is 1.00 bits per heavy atom. The normalized spacial score (nSPS) is 10.6. The highest BCUT2D eigenvalue weighted by Crippen LogP contribution is 2.18. The first-order chi connectivity index (χ1) is 8.38. The van der Waals surface area contributed by atoms with Crippen molar-refractivity contribution in [3.63, 3.8) is 0 Å². The molecule has 2 aromatic carbocycles. The van der Waals surface area contributed by atoms with Gasteiger partial charge in [-0.3, -0.25) is 0 Å². The molecule has 0 N–H and O–H groups in total. The van der Waals surface area contributed by atoms with E-state index < -0.39 is 0 Å². The largest absolute Gasteiger partial charge is 0.497 e. The van der Waals surface area contributed by atoms with E-state index in [4.69, 9.17) is 4.74 Å². The highest BCUT2D eigenvalue weighted by molar-refractivity contribution is 7.98. The molecule has 0 radical (unpaired) electrons. The van der Waals surface area contributed by atoms with E-state index >= 15 is 0 Å². The van der Waals surface area contributed by atoms with Gasteiger partial charge in [0.1, 0.15) is 5.75 Å². The number of hydrogen-bond donors (Lipinski definition) is 0. The van der Waals surface area contributed by atoms with Crippen molar-refractivity contribution in [1.82, 2.24) is 0 Å². The van der Waals surface area contributed by atoms with Crippen LogP contribution in [0.3, 0.4) is 0 Å². The molecule has 0 saturated heterocycles. The maximum atomic E-state index is 5.09. The lowest BCUT2D eigenvalue weighted by atomic mass is 10.2. The lowest BCUT2D eigenvalue weighted by Crippen LogP contribution is -1.83. The van der Waals surface area contributed by atoms with Crippen LogP contribution in [-0.4, -0.2) is 13.3 Å². The molecule has 0 unspecified atom stereocenters. The molecule has 3 heteroatoms. The zero-order valence-corrected chi connectivity index (χ0v) is 10.4. The Bertz CT molecular complexity index is 479. The predicted octanol–water partition coefficient (Wildman–Crippen LogP) is 3.82. The zero-order chi connectivity index (χ0) is 11.9. The Balaban J connectivity index is 1.96. The molecule has 0 fully saturated rings. The second-order valence-corrected chi connectivity index (χ2v) is 4.28. The van der Waals surface area contributed by atoms with Crippen LogP contribution < -0.4 is 4.74 Å². The number of rotatable bonds is 4. The molecule has 86 valence electrons. The van der Waals surface area contributed by atoms with E-state index in [1.807, 2.05) is 60.8 Å². The topological polar surface area (TPSA) is 21.6 Å². The van der Waals surface area contributed by atoms with Crippen molar-refractivity contribution in [3.8, 4) is 5.75 Å². The maximum absolute atomic E-state index is 5.09. The summed E-state index contributed by atoms with van der Waals surface area (Å²) >= 11 is 1.46. The van der Waals surface area contributed by atoms with Crippen molar-refractivity contribution in [1.29, 1.82) is 0 Å². The Morgan fingerprint density at radius 3 is 2.35 bits per heavy atom. The fraction of sp³-hybridized carbons (Fsp3) is 0.0714. The van der Waals surface area contributed by atoms with Crippen molar-refractivity contribution in [2.24, 2.45) is 4.40 Å². The number of methoxy groups -OCH3 is 1. The van der Waals surface area contributed by atoms with Crippen molar-refractivity contribution in [2.75, 3.05) is 7.11 Å². The molecule has 0 spiro atoms. The smallest absolute Gasteiger partial charge is 0.118 e. The van der Waals surface area contributed by atoms with Gasteiger partial charge < -0.3 is 4.74 Å². The molecule has 0 amide bonds. The van der Waals surface area contributed by atoms with E-state index in [9.17, 15) is 0 Å². The van der Waals surface area contributed by atoms with Gasteiger partial charge in [0, 0.05) is 23.1 Å². The van der Waals surface area contributed by atoms with Gasteiger partial charge in [0.05, 0.1) is 7.11 Å². The minimum Gasteiger partial charge on any atom is -0.497 e. The van der Waals surface area contributed by atoms with E-state index in [2.05, 4.69) is 4.40 Å². The van der Waals surface area contributed by atoms with Crippen LogP contribution in [0.1, 0.15) is 5.56 Å². The summed E-state index contributed by atoms with van der Waals surface area (Å²) in [5.41, 5.74) is 1.06. The molecule has 0 heterocycles. The third kappa shape index (κ3) is 3.64. The molecular formula is C14H13NOS. The van der Waals surface area contributed by atoms with E-state index in [1.54, 1.807) is 7.11 Å². The van der Waals surface area contributed by atoms with Crippen LogP contribution in [0.2, 0.25) is 0 Å². The summed E-state index contributed by atoms with van der Waals surface area (Å²) in [5, 5.41) is 0. The van der Waals surface area contributed by atoms with Crippen molar-refractivity contribution in [2.45, 2.75) is 4.90 Å². The highest BCUT2D eigenvalue weighted by Gasteiger charge is 1.91. The molecule has 0 aliphatic carbocycles. The zero-order valence-electron chi connectivity index (χ0n) is 9.54. The molecule has 0 aromatic heterocycles. The molecule has 2 rings (SSSR count). The van der Waals surface area contributed by atoms with Gasteiger partial charge in [-0.05, 0) is 42.0 Å². The first-order valence-corrected chi connectivity index (χ1v) is 6.05. The van der Waals surface area contributed by atoms with Crippen LogP contribution in [0.25, 0.3) is 0 Å². The van der Waals surface area contributed by atoms with Gasteiger partial charge in [-0.2, -0.15) is 0 Å². The lowest BCUT2D eigenvalue weighted by Gasteiger charge is -1.98. The van der Waals surface area contributed by atoms with Gasteiger partial charge in [0.25, 0.3) is 0 Å². The fourth-order valence-corrected chi connectivity index (χ4v) is 1.89. The summed E-state index contributed by atoms with van der Waals surface area (Å²) in [6.07, 6.45) is 1.84. The average molecular weight is 243 g/mol. The SMILES string of the molecule is COc1ccc(C=NSc2ccccc2)cc1. The minimum absolute atomic E-state index is 0.859. The van der Waals surface area contributed by atoms with E-state index in [1.165, 1.54) is 11.9 Å². The Hall–Kier alpha value is -1.74.